The van der Waals surface area contributed by atoms with E-state index in [0.29, 0.717) is 18.4 Å². The topological polar surface area (TPSA) is 54.5 Å². The first kappa shape index (κ1) is 9.83. The van der Waals surface area contributed by atoms with Gasteiger partial charge in [0.25, 0.3) is 0 Å². The summed E-state index contributed by atoms with van der Waals surface area (Å²) in [6, 6.07) is 2.66. The minimum Gasteiger partial charge on any atom is -0.246 e. The van der Waals surface area contributed by atoms with Gasteiger partial charge in [-0.3, -0.25) is 0 Å². The fourth-order valence-electron chi connectivity index (χ4n) is 2.39. The van der Waals surface area contributed by atoms with Gasteiger partial charge in [0, 0.05) is 5.92 Å². The van der Waals surface area contributed by atoms with E-state index in [4.69, 9.17) is 5.26 Å². The average molecular weight is 216 g/mol. The zero-order valence-corrected chi connectivity index (χ0v) is 9.56. The molecule has 84 valence electrons. The molecule has 4 nitrogen and oxygen atoms in total. The van der Waals surface area contributed by atoms with Crippen molar-refractivity contribution in [3.05, 3.63) is 11.4 Å². The predicted molar refractivity (Wildman–Crippen MR) is 58.7 cm³/mol. The molecule has 16 heavy (non-hydrogen) atoms. The van der Waals surface area contributed by atoms with Crippen LogP contribution in [0.4, 0.5) is 0 Å². The van der Waals surface area contributed by atoms with Crippen LogP contribution in [-0.2, 0) is 6.42 Å². The number of rotatable bonds is 4. The van der Waals surface area contributed by atoms with Crippen molar-refractivity contribution in [3.63, 3.8) is 0 Å². The van der Waals surface area contributed by atoms with Gasteiger partial charge in [-0.15, -0.1) is 5.10 Å². The largest absolute Gasteiger partial charge is 0.246 e. The first-order valence-corrected chi connectivity index (χ1v) is 6.12. The standard InChI is InChI=1S/C12H16N4/c1-8(9-2-3-9)16-12(10-4-5-10)11(6-7-13)14-15-16/h8-10H,2-6H2,1H3. The second-order valence-corrected chi connectivity index (χ2v) is 5.05. The Labute approximate surface area is 95.3 Å². The quantitative estimate of drug-likeness (QED) is 0.775. The molecule has 1 aromatic rings. The normalized spacial score (nSPS) is 21.8. The molecule has 3 rings (SSSR count). The van der Waals surface area contributed by atoms with Crippen molar-refractivity contribution in [2.75, 3.05) is 0 Å². The van der Waals surface area contributed by atoms with Gasteiger partial charge >= 0.3 is 0 Å². The number of hydrogen-bond donors (Lipinski definition) is 0. The highest BCUT2D eigenvalue weighted by molar-refractivity contribution is 5.23. The van der Waals surface area contributed by atoms with Gasteiger partial charge < -0.3 is 0 Å². The van der Waals surface area contributed by atoms with E-state index in [0.717, 1.165) is 11.6 Å². The second kappa shape index (κ2) is 3.58. The Kier molecular flexibility index (Phi) is 2.20. The SMILES string of the molecule is CC(C1CC1)n1nnc(CC#N)c1C1CC1. The third-order valence-electron chi connectivity index (χ3n) is 3.70. The summed E-state index contributed by atoms with van der Waals surface area (Å²) in [5, 5.41) is 17.3. The van der Waals surface area contributed by atoms with E-state index in [-0.39, 0.29) is 0 Å². The molecule has 0 saturated heterocycles. The van der Waals surface area contributed by atoms with Gasteiger partial charge in [-0.05, 0) is 38.5 Å². The third-order valence-corrected chi connectivity index (χ3v) is 3.70. The van der Waals surface area contributed by atoms with Crippen LogP contribution in [0.2, 0.25) is 0 Å². The summed E-state index contributed by atoms with van der Waals surface area (Å²) in [4.78, 5) is 0. The summed E-state index contributed by atoms with van der Waals surface area (Å²) < 4.78 is 2.10. The molecule has 0 aromatic carbocycles. The summed E-state index contributed by atoms with van der Waals surface area (Å²) in [7, 11) is 0. The molecule has 2 aliphatic carbocycles. The monoisotopic (exact) mass is 216 g/mol. The lowest BCUT2D eigenvalue weighted by Crippen LogP contribution is -2.12. The van der Waals surface area contributed by atoms with E-state index in [9.17, 15) is 0 Å². The Balaban J connectivity index is 1.94. The molecule has 0 aliphatic heterocycles. The van der Waals surface area contributed by atoms with Gasteiger partial charge in [-0.2, -0.15) is 5.26 Å². The zero-order valence-electron chi connectivity index (χ0n) is 9.56. The first-order valence-electron chi connectivity index (χ1n) is 6.12. The molecule has 4 heteroatoms. The molecule has 2 saturated carbocycles. The molecule has 1 atom stereocenters. The molecular formula is C12H16N4. The van der Waals surface area contributed by atoms with Crippen LogP contribution in [-0.4, -0.2) is 15.0 Å². The summed E-state index contributed by atoms with van der Waals surface area (Å²) in [5.74, 6) is 1.41. The smallest absolute Gasteiger partial charge is 0.100 e. The Hall–Kier alpha value is -1.37. The Bertz CT molecular complexity index is 434. The maximum Gasteiger partial charge on any atom is 0.100 e. The van der Waals surface area contributed by atoms with Gasteiger partial charge in [0.1, 0.15) is 5.69 Å². The summed E-state index contributed by atoms with van der Waals surface area (Å²) in [6.45, 7) is 2.23. The van der Waals surface area contributed by atoms with Crippen LogP contribution in [0.25, 0.3) is 0 Å². The van der Waals surface area contributed by atoms with Gasteiger partial charge in [0.2, 0.25) is 0 Å². The third kappa shape index (κ3) is 1.60. The molecule has 1 unspecified atom stereocenters. The lowest BCUT2D eigenvalue weighted by atomic mass is 10.1. The van der Waals surface area contributed by atoms with Crippen molar-refractivity contribution in [2.45, 2.75) is 51.0 Å². The van der Waals surface area contributed by atoms with Gasteiger partial charge in [-0.25, -0.2) is 4.68 Å². The molecule has 0 radical (unpaired) electrons. The summed E-state index contributed by atoms with van der Waals surface area (Å²) in [6.07, 6.45) is 5.52. The fourth-order valence-corrected chi connectivity index (χ4v) is 2.39. The highest BCUT2D eigenvalue weighted by atomic mass is 15.4. The van der Waals surface area contributed by atoms with Crippen LogP contribution in [0.3, 0.4) is 0 Å². The molecule has 1 heterocycles. The molecule has 2 aliphatic rings. The van der Waals surface area contributed by atoms with E-state index >= 15 is 0 Å². The minimum atomic E-state index is 0.406. The van der Waals surface area contributed by atoms with Crippen molar-refractivity contribution in [1.29, 1.82) is 5.26 Å². The summed E-state index contributed by atoms with van der Waals surface area (Å²) >= 11 is 0. The molecule has 0 N–H and O–H groups in total. The van der Waals surface area contributed by atoms with Gasteiger partial charge in [-0.1, -0.05) is 5.21 Å². The number of hydrogen-bond acceptors (Lipinski definition) is 3. The van der Waals surface area contributed by atoms with E-state index in [1.807, 2.05) is 0 Å². The zero-order chi connectivity index (χ0) is 11.1. The van der Waals surface area contributed by atoms with Crippen molar-refractivity contribution >= 4 is 0 Å². The Morgan fingerprint density at radius 2 is 2.19 bits per heavy atom. The van der Waals surface area contributed by atoms with Crippen LogP contribution in [0.5, 0.6) is 0 Å². The van der Waals surface area contributed by atoms with Gasteiger partial charge in [0.15, 0.2) is 0 Å². The van der Waals surface area contributed by atoms with Gasteiger partial charge in [0.05, 0.1) is 24.2 Å². The number of aromatic nitrogens is 3. The van der Waals surface area contributed by atoms with Crippen molar-refractivity contribution in [2.24, 2.45) is 5.92 Å². The van der Waals surface area contributed by atoms with Crippen molar-refractivity contribution < 1.29 is 0 Å². The lowest BCUT2D eigenvalue weighted by Gasteiger charge is -2.13. The Morgan fingerprint density at radius 3 is 2.75 bits per heavy atom. The van der Waals surface area contributed by atoms with E-state index in [2.05, 4.69) is 28.0 Å². The summed E-state index contributed by atoms with van der Waals surface area (Å²) in [5.41, 5.74) is 2.17. The molecule has 0 amide bonds. The van der Waals surface area contributed by atoms with E-state index < -0.39 is 0 Å². The lowest BCUT2D eigenvalue weighted by molar-refractivity contribution is 0.415. The molecular weight excluding hydrogens is 200 g/mol. The van der Waals surface area contributed by atoms with E-state index in [1.165, 1.54) is 31.4 Å². The molecule has 0 spiro atoms. The maximum atomic E-state index is 8.79. The van der Waals surface area contributed by atoms with Crippen molar-refractivity contribution in [3.8, 4) is 6.07 Å². The molecule has 0 bridgehead atoms. The van der Waals surface area contributed by atoms with Crippen LogP contribution in [0.15, 0.2) is 0 Å². The number of nitrogens with zero attached hydrogens (tertiary/aromatic N) is 4. The van der Waals surface area contributed by atoms with E-state index in [1.54, 1.807) is 0 Å². The number of nitriles is 1. The van der Waals surface area contributed by atoms with Crippen LogP contribution in [0, 0.1) is 17.2 Å². The highest BCUT2D eigenvalue weighted by Gasteiger charge is 2.36. The maximum absolute atomic E-state index is 8.79. The molecule has 1 aromatic heterocycles. The Morgan fingerprint density at radius 1 is 1.44 bits per heavy atom. The minimum absolute atomic E-state index is 0.406. The first-order chi connectivity index (χ1) is 7.81. The second-order valence-electron chi connectivity index (χ2n) is 5.05. The van der Waals surface area contributed by atoms with Crippen LogP contribution < -0.4 is 0 Å². The predicted octanol–water partition coefficient (Wildman–Crippen LogP) is 2.19. The average Bonchev–Trinajstić information content (AvgIpc) is 3.16. The van der Waals surface area contributed by atoms with Crippen molar-refractivity contribution in [1.82, 2.24) is 15.0 Å². The van der Waals surface area contributed by atoms with Crippen LogP contribution in [0.1, 0.15) is 56.0 Å². The fraction of sp³-hybridized carbons (Fsp3) is 0.750. The molecule has 2 fully saturated rings. The highest BCUT2D eigenvalue weighted by Crippen LogP contribution is 2.45. The van der Waals surface area contributed by atoms with Crippen LogP contribution >= 0.6 is 0 Å².